The summed E-state index contributed by atoms with van der Waals surface area (Å²) >= 11 is 8.99. The first-order valence-corrected chi connectivity index (χ1v) is 6.43. The molecule has 1 amide bonds. The quantitative estimate of drug-likeness (QED) is 0.838. The molecule has 1 rings (SSSR count). The van der Waals surface area contributed by atoms with Crippen LogP contribution in [0.25, 0.3) is 0 Å². The molecule has 6 heteroatoms. The van der Waals surface area contributed by atoms with Gasteiger partial charge in [-0.3, -0.25) is 4.79 Å². The molecule has 0 saturated carbocycles. The Bertz CT molecular complexity index is 412. The van der Waals surface area contributed by atoms with Gasteiger partial charge in [-0.25, -0.2) is 4.98 Å². The molecule has 3 N–H and O–H groups in total. The number of carbonyl (C=O) groups excluding carboxylic acids is 1. The molecule has 0 spiro atoms. The zero-order chi connectivity index (χ0) is 13.0. The summed E-state index contributed by atoms with van der Waals surface area (Å²) in [6.45, 7) is 3.97. The lowest BCUT2D eigenvalue weighted by Crippen LogP contribution is -2.31. The summed E-state index contributed by atoms with van der Waals surface area (Å²) in [5.41, 5.74) is 6.42. The van der Waals surface area contributed by atoms with E-state index in [0.717, 1.165) is 0 Å². The molecule has 1 aromatic heterocycles. The van der Waals surface area contributed by atoms with Gasteiger partial charge in [-0.15, -0.1) is 0 Å². The van der Waals surface area contributed by atoms with Gasteiger partial charge < -0.3 is 11.1 Å². The number of amides is 1. The van der Waals surface area contributed by atoms with E-state index in [1.807, 2.05) is 13.8 Å². The molecule has 1 aromatic rings. The second kappa shape index (κ2) is 6.33. The van der Waals surface area contributed by atoms with E-state index in [9.17, 15) is 4.79 Å². The first kappa shape index (κ1) is 14.4. The van der Waals surface area contributed by atoms with Crippen molar-refractivity contribution < 1.29 is 4.79 Å². The average molecular weight is 321 g/mol. The number of nitrogens with two attached hydrogens (primary N) is 1. The molecule has 4 nitrogen and oxygen atoms in total. The van der Waals surface area contributed by atoms with Crippen LogP contribution in [0, 0.1) is 5.92 Å². The molecule has 1 heterocycles. The molecule has 0 aromatic carbocycles. The summed E-state index contributed by atoms with van der Waals surface area (Å²) in [5.74, 6) is 0.151. The highest BCUT2D eigenvalue weighted by atomic mass is 79.9. The van der Waals surface area contributed by atoms with Gasteiger partial charge in [0.1, 0.15) is 5.15 Å². The number of nitrogens with one attached hydrogen (secondary N) is 1. The molecule has 0 radical (unpaired) electrons. The van der Waals surface area contributed by atoms with E-state index in [4.69, 9.17) is 17.3 Å². The van der Waals surface area contributed by atoms with Gasteiger partial charge in [-0.05, 0) is 27.9 Å². The summed E-state index contributed by atoms with van der Waals surface area (Å²) in [4.78, 5) is 15.6. The van der Waals surface area contributed by atoms with Crippen LogP contribution in [0.1, 0.15) is 20.3 Å². The predicted molar refractivity (Wildman–Crippen MR) is 73.0 cm³/mol. The van der Waals surface area contributed by atoms with Gasteiger partial charge in [0.2, 0.25) is 5.91 Å². The van der Waals surface area contributed by atoms with Crippen molar-refractivity contribution in [1.29, 1.82) is 0 Å². The van der Waals surface area contributed by atoms with Gasteiger partial charge in [0.15, 0.2) is 0 Å². The average Bonchev–Trinajstić information content (AvgIpc) is 2.23. The van der Waals surface area contributed by atoms with Crippen LogP contribution < -0.4 is 11.1 Å². The molecule has 17 heavy (non-hydrogen) atoms. The van der Waals surface area contributed by atoms with Gasteiger partial charge in [-0.2, -0.15) is 0 Å². The van der Waals surface area contributed by atoms with Crippen molar-refractivity contribution in [2.75, 3.05) is 5.32 Å². The molecule has 94 valence electrons. The summed E-state index contributed by atoms with van der Waals surface area (Å²) in [7, 11) is 0. The SMILES string of the molecule is CC(C)C(N)CC(=O)Nc1cnc(Cl)c(Br)c1. The Labute approximate surface area is 114 Å². The van der Waals surface area contributed by atoms with Crippen LogP contribution in [-0.2, 0) is 4.79 Å². The van der Waals surface area contributed by atoms with Crippen LogP contribution in [0.2, 0.25) is 5.15 Å². The van der Waals surface area contributed by atoms with Crippen molar-refractivity contribution in [3.63, 3.8) is 0 Å². The number of halogens is 2. The largest absolute Gasteiger partial charge is 0.327 e. The highest BCUT2D eigenvalue weighted by Gasteiger charge is 2.13. The Balaban J connectivity index is 2.59. The summed E-state index contributed by atoms with van der Waals surface area (Å²) in [5, 5.41) is 3.09. The van der Waals surface area contributed by atoms with Crippen molar-refractivity contribution in [3.8, 4) is 0 Å². The third-order valence-corrected chi connectivity index (χ3v) is 3.49. The van der Waals surface area contributed by atoms with E-state index < -0.39 is 0 Å². The fourth-order valence-corrected chi connectivity index (χ4v) is 1.60. The van der Waals surface area contributed by atoms with Crippen molar-refractivity contribution in [1.82, 2.24) is 4.98 Å². The van der Waals surface area contributed by atoms with E-state index in [-0.39, 0.29) is 24.3 Å². The highest BCUT2D eigenvalue weighted by Crippen LogP contribution is 2.22. The fraction of sp³-hybridized carbons (Fsp3) is 0.455. The number of carbonyl (C=O) groups is 1. The lowest BCUT2D eigenvalue weighted by Gasteiger charge is -2.15. The Morgan fingerprint density at radius 1 is 1.65 bits per heavy atom. The minimum absolute atomic E-state index is 0.123. The van der Waals surface area contributed by atoms with Crippen LogP contribution >= 0.6 is 27.5 Å². The highest BCUT2D eigenvalue weighted by molar-refractivity contribution is 9.10. The number of aromatic nitrogens is 1. The third kappa shape index (κ3) is 4.61. The Kier molecular flexibility index (Phi) is 5.36. The maximum atomic E-state index is 11.7. The first-order chi connectivity index (χ1) is 7.90. The Morgan fingerprint density at radius 2 is 2.29 bits per heavy atom. The topological polar surface area (TPSA) is 68.0 Å². The lowest BCUT2D eigenvalue weighted by atomic mass is 10.0. The van der Waals surface area contributed by atoms with Crippen LogP contribution in [0.3, 0.4) is 0 Å². The number of hydrogen-bond donors (Lipinski definition) is 2. The molecule has 1 atom stereocenters. The second-order valence-electron chi connectivity index (χ2n) is 4.16. The van der Waals surface area contributed by atoms with Gasteiger partial charge in [0.25, 0.3) is 0 Å². The molecule has 0 fully saturated rings. The maximum Gasteiger partial charge on any atom is 0.225 e. The van der Waals surface area contributed by atoms with Crippen molar-refractivity contribution in [2.24, 2.45) is 11.7 Å². The molecule has 0 aliphatic carbocycles. The zero-order valence-corrected chi connectivity index (χ0v) is 12.0. The number of nitrogens with zero attached hydrogens (tertiary/aromatic N) is 1. The van der Waals surface area contributed by atoms with Crippen LogP contribution in [0.5, 0.6) is 0 Å². The van der Waals surface area contributed by atoms with Gasteiger partial charge >= 0.3 is 0 Å². The molecule has 0 saturated heterocycles. The fourth-order valence-electron chi connectivity index (χ4n) is 1.15. The molecule has 1 unspecified atom stereocenters. The number of pyridine rings is 1. The predicted octanol–water partition coefficient (Wildman–Crippen LogP) is 2.81. The standard InChI is InChI=1S/C11H15BrClN3O/c1-6(2)9(14)4-10(17)16-7-3-8(12)11(13)15-5-7/h3,5-6,9H,4,14H2,1-2H3,(H,16,17). The minimum atomic E-state index is -0.140. The molecular formula is C11H15BrClN3O. The molecule has 0 aliphatic rings. The van der Waals surface area contributed by atoms with Gasteiger partial charge in [0, 0.05) is 12.5 Å². The smallest absolute Gasteiger partial charge is 0.225 e. The van der Waals surface area contributed by atoms with E-state index >= 15 is 0 Å². The second-order valence-corrected chi connectivity index (χ2v) is 5.37. The van der Waals surface area contributed by atoms with Gasteiger partial charge in [0.05, 0.1) is 16.4 Å². The van der Waals surface area contributed by atoms with Gasteiger partial charge in [-0.1, -0.05) is 25.4 Å². The van der Waals surface area contributed by atoms with Crippen LogP contribution in [-0.4, -0.2) is 16.9 Å². The number of anilines is 1. The molecular weight excluding hydrogens is 305 g/mol. The normalized spacial score (nSPS) is 12.6. The Hall–Kier alpha value is -0.650. The van der Waals surface area contributed by atoms with Crippen LogP contribution in [0.15, 0.2) is 16.7 Å². The summed E-state index contributed by atoms with van der Waals surface area (Å²) in [6.07, 6.45) is 1.80. The van der Waals surface area contributed by atoms with E-state index in [0.29, 0.717) is 15.3 Å². The van der Waals surface area contributed by atoms with Crippen molar-refractivity contribution in [2.45, 2.75) is 26.3 Å². The van der Waals surface area contributed by atoms with E-state index in [2.05, 4.69) is 26.2 Å². The Morgan fingerprint density at radius 3 is 2.82 bits per heavy atom. The lowest BCUT2D eigenvalue weighted by molar-refractivity contribution is -0.116. The number of hydrogen-bond acceptors (Lipinski definition) is 3. The van der Waals surface area contributed by atoms with E-state index in [1.165, 1.54) is 6.20 Å². The van der Waals surface area contributed by atoms with E-state index in [1.54, 1.807) is 6.07 Å². The summed E-state index contributed by atoms with van der Waals surface area (Å²) in [6, 6.07) is 1.56. The minimum Gasteiger partial charge on any atom is -0.327 e. The monoisotopic (exact) mass is 319 g/mol. The zero-order valence-electron chi connectivity index (χ0n) is 9.71. The van der Waals surface area contributed by atoms with Crippen molar-refractivity contribution >= 4 is 39.1 Å². The number of rotatable bonds is 4. The molecule has 0 aliphatic heterocycles. The van der Waals surface area contributed by atoms with Crippen LogP contribution in [0.4, 0.5) is 5.69 Å². The first-order valence-electron chi connectivity index (χ1n) is 5.26. The third-order valence-electron chi connectivity index (χ3n) is 2.36. The molecule has 0 bridgehead atoms. The maximum absolute atomic E-state index is 11.7. The van der Waals surface area contributed by atoms with Crippen molar-refractivity contribution in [3.05, 3.63) is 21.9 Å². The summed E-state index contributed by atoms with van der Waals surface area (Å²) < 4.78 is 0.644.